The van der Waals surface area contributed by atoms with Gasteiger partial charge in [-0.1, -0.05) is 59.7 Å². The molecule has 3 aromatic carbocycles. The fourth-order valence-electron chi connectivity index (χ4n) is 6.46. The first-order chi connectivity index (χ1) is 23.0. The Labute approximate surface area is 282 Å². The number of para-hydroxylation sites is 1. The maximum Gasteiger partial charge on any atom is 0.159 e. The van der Waals surface area contributed by atoms with E-state index in [2.05, 4.69) is 131 Å². The van der Waals surface area contributed by atoms with Gasteiger partial charge in [0.15, 0.2) is 5.82 Å². The van der Waals surface area contributed by atoms with Crippen molar-refractivity contribution in [3.63, 3.8) is 0 Å². The molecule has 0 bridgehead atoms. The molecule has 0 amide bonds. The summed E-state index contributed by atoms with van der Waals surface area (Å²) in [5.41, 5.74) is 6.79. The van der Waals surface area contributed by atoms with Crippen LogP contribution in [0.5, 0.6) is 0 Å². The molecule has 7 aromatic rings. The van der Waals surface area contributed by atoms with Gasteiger partial charge in [-0.05, 0) is 103 Å². The summed E-state index contributed by atoms with van der Waals surface area (Å²) in [4.78, 5) is 8.81. The third-order valence-electron chi connectivity index (χ3n) is 9.34. The van der Waals surface area contributed by atoms with Gasteiger partial charge in [0, 0.05) is 41.1 Å². The normalized spacial score (nSPS) is 12.7. The van der Waals surface area contributed by atoms with Crippen LogP contribution in [-0.2, 0) is 5.41 Å². The van der Waals surface area contributed by atoms with E-state index in [0.29, 0.717) is 5.82 Å². The van der Waals surface area contributed by atoms with E-state index in [9.17, 15) is 0 Å². The van der Waals surface area contributed by atoms with Crippen LogP contribution in [0.4, 0.5) is 0 Å². The van der Waals surface area contributed by atoms with Crippen molar-refractivity contribution in [3.05, 3.63) is 121 Å². The van der Waals surface area contributed by atoms with Crippen molar-refractivity contribution in [2.45, 2.75) is 72.6 Å². The van der Waals surface area contributed by atoms with Crippen LogP contribution in [-0.4, -0.2) is 29.5 Å². The highest BCUT2D eigenvalue weighted by Gasteiger charge is 2.40. The maximum atomic E-state index is 6.11. The Balaban J connectivity index is 1.30. The largest absolute Gasteiger partial charge is 0.456 e. The van der Waals surface area contributed by atoms with Crippen LogP contribution in [0.25, 0.3) is 44.7 Å². The summed E-state index contributed by atoms with van der Waals surface area (Å²) in [6.45, 7) is 13.9. The van der Waals surface area contributed by atoms with Gasteiger partial charge in [-0.15, -0.1) is 0 Å². The lowest BCUT2D eigenvalue weighted by Crippen LogP contribution is -2.32. The second-order valence-electron chi connectivity index (χ2n) is 15.4. The molecular weight excluding hydrogens is 592 g/mol. The van der Waals surface area contributed by atoms with Gasteiger partial charge in [-0.2, -0.15) is 10.2 Å². The van der Waals surface area contributed by atoms with Gasteiger partial charge in [0.05, 0.1) is 28.2 Å². The van der Waals surface area contributed by atoms with Crippen LogP contribution in [0.15, 0.2) is 114 Å². The molecule has 4 heterocycles. The van der Waals surface area contributed by atoms with Crippen molar-refractivity contribution in [2.75, 3.05) is 0 Å². The molecule has 0 fully saturated rings. The first-order valence-electron chi connectivity index (χ1n) is 16.9. The Kier molecular flexibility index (Phi) is 8.02. The Morgan fingerprint density at radius 2 is 1.12 bits per heavy atom. The summed E-state index contributed by atoms with van der Waals surface area (Å²) in [5, 5.41) is 12.9. The fraction of sp³-hybridized carbons (Fsp3) is 0.317. The maximum absolute atomic E-state index is 6.11. The summed E-state index contributed by atoms with van der Waals surface area (Å²) in [7, 11) is 0. The molecule has 0 aliphatic carbocycles. The van der Waals surface area contributed by atoms with Crippen molar-refractivity contribution >= 4 is 21.9 Å². The van der Waals surface area contributed by atoms with Gasteiger partial charge in [0.2, 0.25) is 0 Å². The van der Waals surface area contributed by atoms with Gasteiger partial charge in [0.1, 0.15) is 11.2 Å². The molecule has 0 saturated carbocycles. The molecule has 244 valence electrons. The number of nitrogens with zero attached hydrogens (tertiary/aromatic N) is 6. The van der Waals surface area contributed by atoms with Gasteiger partial charge < -0.3 is 4.42 Å². The van der Waals surface area contributed by atoms with Crippen LogP contribution in [0.2, 0.25) is 0 Å². The Bertz CT molecular complexity index is 2140. The fourth-order valence-corrected chi connectivity index (χ4v) is 6.46. The lowest BCUT2D eigenvalue weighted by atomic mass is 9.68. The Hall–Kier alpha value is -5.04. The number of benzene rings is 3. The Morgan fingerprint density at radius 3 is 1.75 bits per heavy atom. The summed E-state index contributed by atoms with van der Waals surface area (Å²) < 4.78 is 10.1. The van der Waals surface area contributed by atoms with Gasteiger partial charge in [-0.3, -0.25) is 0 Å². The number of furan rings is 1. The van der Waals surface area contributed by atoms with Crippen LogP contribution in [0.1, 0.15) is 78.6 Å². The molecule has 4 aromatic heterocycles. The highest BCUT2D eigenvalue weighted by Crippen LogP contribution is 2.44. The Morgan fingerprint density at radius 1 is 0.562 bits per heavy atom. The van der Waals surface area contributed by atoms with Gasteiger partial charge in [-0.25, -0.2) is 19.3 Å². The van der Waals surface area contributed by atoms with E-state index >= 15 is 0 Å². The molecule has 7 heteroatoms. The summed E-state index contributed by atoms with van der Waals surface area (Å²) in [5.74, 6) is 0.712. The smallest absolute Gasteiger partial charge is 0.159 e. The predicted molar refractivity (Wildman–Crippen MR) is 194 cm³/mol. The van der Waals surface area contributed by atoms with Gasteiger partial charge >= 0.3 is 0 Å². The number of aromatic nitrogens is 6. The van der Waals surface area contributed by atoms with Crippen molar-refractivity contribution < 1.29 is 4.42 Å². The molecule has 0 atom stereocenters. The molecule has 0 spiro atoms. The number of rotatable bonds is 9. The molecule has 0 N–H and O–H groups in total. The summed E-state index contributed by atoms with van der Waals surface area (Å²) in [6.07, 6.45) is 11.7. The SMILES string of the molecule is CC(C)(C)CCC(CCC(C)(C)C)(c1ccn(-c2ccc(-c3ncccn3)cc2)n1)c1ccn(-c2ccc3oc4ccccc4c3c2)n1. The van der Waals surface area contributed by atoms with Crippen LogP contribution >= 0.6 is 0 Å². The monoisotopic (exact) mass is 636 g/mol. The summed E-state index contributed by atoms with van der Waals surface area (Å²) >= 11 is 0. The molecule has 7 rings (SSSR count). The molecule has 0 aliphatic heterocycles. The van der Waals surface area contributed by atoms with E-state index in [1.54, 1.807) is 12.4 Å². The summed E-state index contributed by atoms with van der Waals surface area (Å²) in [6, 6.07) is 29.0. The molecule has 48 heavy (non-hydrogen) atoms. The molecular formula is C41H44N6O. The van der Waals surface area contributed by atoms with Crippen molar-refractivity contribution in [1.29, 1.82) is 0 Å². The zero-order chi connectivity index (χ0) is 33.5. The zero-order valence-electron chi connectivity index (χ0n) is 28.8. The van der Waals surface area contributed by atoms with Crippen LogP contribution in [0, 0.1) is 10.8 Å². The van der Waals surface area contributed by atoms with E-state index in [1.807, 2.05) is 27.6 Å². The molecule has 0 aliphatic rings. The average molecular weight is 637 g/mol. The quantitative estimate of drug-likeness (QED) is 0.158. The number of hydrogen-bond acceptors (Lipinski definition) is 5. The first-order valence-corrected chi connectivity index (χ1v) is 16.9. The molecule has 0 saturated heterocycles. The molecule has 0 radical (unpaired) electrons. The second-order valence-corrected chi connectivity index (χ2v) is 15.4. The van der Waals surface area contributed by atoms with Crippen molar-refractivity contribution in [2.24, 2.45) is 10.8 Å². The van der Waals surface area contributed by atoms with Crippen LogP contribution in [0.3, 0.4) is 0 Å². The molecule has 0 unspecified atom stereocenters. The van der Waals surface area contributed by atoms with Crippen molar-refractivity contribution in [1.82, 2.24) is 29.5 Å². The van der Waals surface area contributed by atoms with E-state index in [-0.39, 0.29) is 16.2 Å². The topological polar surface area (TPSA) is 74.6 Å². The van der Waals surface area contributed by atoms with Gasteiger partial charge in [0.25, 0.3) is 0 Å². The minimum absolute atomic E-state index is 0.154. The molecule has 7 nitrogen and oxygen atoms in total. The predicted octanol–water partition coefficient (Wildman–Crippen LogP) is 10.4. The average Bonchev–Trinajstić information content (AvgIpc) is 3.84. The van der Waals surface area contributed by atoms with Crippen molar-refractivity contribution in [3.8, 4) is 22.8 Å². The third kappa shape index (κ3) is 6.42. The number of fused-ring (bicyclic) bond motifs is 3. The first kappa shape index (κ1) is 31.6. The highest BCUT2D eigenvalue weighted by atomic mass is 16.3. The second kappa shape index (κ2) is 12.2. The zero-order valence-corrected chi connectivity index (χ0v) is 28.8. The lowest BCUT2D eigenvalue weighted by Gasteiger charge is -2.35. The third-order valence-corrected chi connectivity index (χ3v) is 9.34. The van der Waals surface area contributed by atoms with E-state index in [4.69, 9.17) is 14.6 Å². The van der Waals surface area contributed by atoms with E-state index in [1.165, 1.54) is 0 Å². The highest BCUT2D eigenvalue weighted by molar-refractivity contribution is 6.05. The standard InChI is InChI=1S/C41H44N6O/c1-39(2,3)20-22-41(23-21-40(4,5)6,36-18-26-46(44-36)30-14-12-29(13-15-30)38-42-24-9-25-43-38)37-19-27-47(45-37)31-16-17-35-33(28-31)32-10-7-8-11-34(32)48-35/h7-19,24-28H,20-23H2,1-6H3. The number of hydrogen-bond donors (Lipinski definition) is 0. The van der Waals surface area contributed by atoms with E-state index < -0.39 is 0 Å². The van der Waals surface area contributed by atoms with E-state index in [0.717, 1.165) is 75.9 Å². The lowest BCUT2D eigenvalue weighted by molar-refractivity contribution is 0.260. The van der Waals surface area contributed by atoms with Crippen LogP contribution < -0.4 is 0 Å². The minimum Gasteiger partial charge on any atom is -0.456 e. The minimum atomic E-state index is -0.374.